The molecule has 2 heterocycles. The Balaban J connectivity index is 2.46. The summed E-state index contributed by atoms with van der Waals surface area (Å²) >= 11 is 5.26. The van der Waals surface area contributed by atoms with Crippen molar-refractivity contribution in [1.29, 1.82) is 0 Å². The molecule has 0 radical (unpaired) electrons. The summed E-state index contributed by atoms with van der Waals surface area (Å²) in [6, 6.07) is 4.49. The van der Waals surface area contributed by atoms with Gasteiger partial charge in [0.15, 0.2) is 0 Å². The van der Waals surface area contributed by atoms with Crippen LogP contribution < -0.4 is 5.73 Å². The van der Waals surface area contributed by atoms with Crippen molar-refractivity contribution in [2.75, 3.05) is 0 Å². The zero-order chi connectivity index (χ0) is 13.3. The molecule has 2 atom stereocenters. The number of thiophene rings is 1. The van der Waals surface area contributed by atoms with Gasteiger partial charge in [0.1, 0.15) is 0 Å². The van der Waals surface area contributed by atoms with Crippen LogP contribution in [0.25, 0.3) is 0 Å². The first-order chi connectivity index (χ1) is 8.54. The van der Waals surface area contributed by atoms with Gasteiger partial charge in [-0.25, -0.2) is 4.98 Å². The number of halogens is 1. The van der Waals surface area contributed by atoms with Crippen molar-refractivity contribution < 1.29 is 0 Å². The van der Waals surface area contributed by atoms with Gasteiger partial charge in [0.05, 0.1) is 21.8 Å². The highest BCUT2D eigenvalue weighted by molar-refractivity contribution is 9.11. The second kappa shape index (κ2) is 5.55. The van der Waals surface area contributed by atoms with E-state index in [9.17, 15) is 0 Å². The molecule has 0 fully saturated rings. The zero-order valence-electron chi connectivity index (χ0n) is 10.9. The van der Waals surface area contributed by atoms with Crippen LogP contribution in [0.4, 0.5) is 0 Å². The molecule has 5 heteroatoms. The Hall–Kier alpha value is -0.650. The smallest absolute Gasteiger partial charge is 0.0958 e. The summed E-state index contributed by atoms with van der Waals surface area (Å²) < 4.78 is 3.34. The minimum atomic E-state index is 0.0999. The molecule has 0 aromatic carbocycles. The van der Waals surface area contributed by atoms with E-state index in [1.54, 1.807) is 11.3 Å². The van der Waals surface area contributed by atoms with E-state index in [4.69, 9.17) is 5.73 Å². The highest BCUT2D eigenvalue weighted by atomic mass is 79.9. The summed E-state index contributed by atoms with van der Waals surface area (Å²) in [7, 11) is 0. The summed E-state index contributed by atoms with van der Waals surface area (Å²) in [5.74, 6) is 0. The number of nitrogens with zero attached hydrogens (tertiary/aromatic N) is 2. The molecule has 0 aliphatic rings. The first-order valence-electron chi connectivity index (χ1n) is 6.05. The van der Waals surface area contributed by atoms with Gasteiger partial charge >= 0.3 is 0 Å². The number of aromatic nitrogens is 2. The zero-order valence-corrected chi connectivity index (χ0v) is 13.3. The van der Waals surface area contributed by atoms with Crippen molar-refractivity contribution in [2.24, 2.45) is 5.73 Å². The maximum Gasteiger partial charge on any atom is 0.0958 e. The Bertz CT molecular complexity index is 532. The van der Waals surface area contributed by atoms with Crippen LogP contribution in [0.2, 0.25) is 0 Å². The van der Waals surface area contributed by atoms with Crippen molar-refractivity contribution >= 4 is 27.3 Å². The quantitative estimate of drug-likeness (QED) is 0.931. The summed E-state index contributed by atoms with van der Waals surface area (Å²) in [5, 5.41) is 0. The van der Waals surface area contributed by atoms with E-state index >= 15 is 0 Å². The average molecular weight is 328 g/mol. The van der Waals surface area contributed by atoms with E-state index < -0.39 is 0 Å². The van der Waals surface area contributed by atoms with Crippen LogP contribution in [0, 0.1) is 13.8 Å². The molecule has 0 spiro atoms. The lowest BCUT2D eigenvalue weighted by Crippen LogP contribution is -2.32. The third-order valence-corrected chi connectivity index (χ3v) is 5.04. The van der Waals surface area contributed by atoms with Crippen molar-refractivity contribution in [1.82, 2.24) is 9.55 Å². The number of nitrogens with two attached hydrogens (primary N) is 1. The summed E-state index contributed by atoms with van der Waals surface area (Å²) in [5.41, 5.74) is 8.57. The molecule has 2 rings (SSSR count). The largest absolute Gasteiger partial charge is 0.326 e. The first kappa shape index (κ1) is 13.8. The minimum absolute atomic E-state index is 0.0999. The number of rotatable bonds is 4. The second-order valence-electron chi connectivity index (χ2n) is 4.48. The molecular formula is C13H18BrN3S. The Morgan fingerprint density at radius 1 is 1.44 bits per heavy atom. The van der Waals surface area contributed by atoms with Gasteiger partial charge in [-0.05, 0) is 48.3 Å². The van der Waals surface area contributed by atoms with E-state index in [0.29, 0.717) is 0 Å². The Morgan fingerprint density at radius 3 is 2.61 bits per heavy atom. The number of hydrogen-bond acceptors (Lipinski definition) is 3. The van der Waals surface area contributed by atoms with E-state index in [2.05, 4.69) is 51.5 Å². The summed E-state index contributed by atoms with van der Waals surface area (Å²) in [6.45, 7) is 6.25. The Morgan fingerprint density at radius 2 is 2.17 bits per heavy atom. The molecule has 3 nitrogen and oxygen atoms in total. The minimum Gasteiger partial charge on any atom is -0.326 e. The van der Waals surface area contributed by atoms with E-state index in [-0.39, 0.29) is 12.1 Å². The molecule has 2 unspecified atom stereocenters. The molecule has 2 N–H and O–H groups in total. The molecule has 0 amide bonds. The molecule has 2 aromatic heterocycles. The van der Waals surface area contributed by atoms with Gasteiger partial charge in [-0.3, -0.25) is 0 Å². The lowest BCUT2D eigenvalue weighted by Gasteiger charge is -2.24. The topological polar surface area (TPSA) is 43.8 Å². The lowest BCUT2D eigenvalue weighted by atomic mass is 10.0. The second-order valence-corrected chi connectivity index (χ2v) is 6.98. The van der Waals surface area contributed by atoms with Crippen molar-refractivity contribution in [2.45, 2.75) is 39.3 Å². The third kappa shape index (κ3) is 2.53. The molecular weight excluding hydrogens is 310 g/mol. The molecule has 2 aromatic rings. The van der Waals surface area contributed by atoms with Crippen molar-refractivity contribution in [3.8, 4) is 0 Å². The molecule has 0 saturated heterocycles. The van der Waals surface area contributed by atoms with Gasteiger partial charge in [-0.2, -0.15) is 0 Å². The van der Waals surface area contributed by atoms with E-state index in [1.165, 1.54) is 10.6 Å². The summed E-state index contributed by atoms with van der Waals surface area (Å²) in [6.07, 6.45) is 2.84. The normalized spacial score (nSPS) is 14.7. The van der Waals surface area contributed by atoms with Crippen LogP contribution in [0.15, 0.2) is 22.2 Å². The van der Waals surface area contributed by atoms with Gasteiger partial charge in [-0.15, -0.1) is 11.3 Å². The summed E-state index contributed by atoms with van der Waals surface area (Å²) in [4.78, 5) is 5.66. The highest BCUT2D eigenvalue weighted by Crippen LogP contribution is 2.33. The Labute approximate surface area is 120 Å². The number of imidazole rings is 1. The molecule has 18 heavy (non-hydrogen) atoms. The van der Waals surface area contributed by atoms with Crippen LogP contribution in [0.3, 0.4) is 0 Å². The van der Waals surface area contributed by atoms with Gasteiger partial charge in [0, 0.05) is 16.6 Å². The van der Waals surface area contributed by atoms with Crippen LogP contribution in [-0.4, -0.2) is 15.6 Å². The molecule has 0 bridgehead atoms. The van der Waals surface area contributed by atoms with E-state index in [0.717, 1.165) is 15.9 Å². The van der Waals surface area contributed by atoms with Crippen LogP contribution in [0.5, 0.6) is 0 Å². The fourth-order valence-corrected chi connectivity index (χ4v) is 3.66. The maximum atomic E-state index is 6.31. The van der Waals surface area contributed by atoms with Crippen molar-refractivity contribution in [3.05, 3.63) is 38.5 Å². The van der Waals surface area contributed by atoms with Gasteiger partial charge in [0.2, 0.25) is 0 Å². The molecule has 0 saturated carbocycles. The predicted octanol–water partition coefficient (Wildman–Crippen LogP) is 3.65. The van der Waals surface area contributed by atoms with Crippen LogP contribution in [-0.2, 0) is 0 Å². The fourth-order valence-electron chi connectivity index (χ4n) is 2.06. The number of aryl methyl sites for hydroxylation is 1. The predicted molar refractivity (Wildman–Crippen MR) is 80.1 cm³/mol. The Kier molecular flexibility index (Phi) is 4.25. The number of hydrogen-bond donors (Lipinski definition) is 1. The molecule has 0 aliphatic heterocycles. The lowest BCUT2D eigenvalue weighted by molar-refractivity contribution is 0.458. The SMILES string of the molecule is CCC(N)C(c1ccc(Br)s1)n1cnc(C)c1C. The standard InChI is InChI=1S/C13H18BrN3S/c1-4-10(15)13(11-5-6-12(14)18-11)17-7-16-8(2)9(17)3/h5-7,10,13H,4,15H2,1-3H3. The van der Waals surface area contributed by atoms with Crippen LogP contribution in [0.1, 0.15) is 35.7 Å². The molecule has 98 valence electrons. The first-order valence-corrected chi connectivity index (χ1v) is 7.66. The molecule has 0 aliphatic carbocycles. The van der Waals surface area contributed by atoms with E-state index in [1.807, 2.05) is 13.3 Å². The average Bonchev–Trinajstić information content (AvgIpc) is 2.90. The van der Waals surface area contributed by atoms with Crippen LogP contribution >= 0.6 is 27.3 Å². The van der Waals surface area contributed by atoms with Gasteiger partial charge in [0.25, 0.3) is 0 Å². The van der Waals surface area contributed by atoms with Crippen molar-refractivity contribution in [3.63, 3.8) is 0 Å². The monoisotopic (exact) mass is 327 g/mol. The maximum absolute atomic E-state index is 6.31. The highest BCUT2D eigenvalue weighted by Gasteiger charge is 2.23. The van der Waals surface area contributed by atoms with Gasteiger partial charge in [-0.1, -0.05) is 6.92 Å². The van der Waals surface area contributed by atoms with Gasteiger partial charge < -0.3 is 10.3 Å². The third-order valence-electron chi connectivity index (χ3n) is 3.35. The fraction of sp³-hybridized carbons (Fsp3) is 0.462.